The van der Waals surface area contributed by atoms with E-state index >= 15 is 0 Å². The Kier molecular flexibility index (Phi) is 4.94. The molecule has 1 heterocycles. The van der Waals surface area contributed by atoms with Crippen molar-refractivity contribution in [2.75, 3.05) is 13.1 Å². The molecule has 1 saturated heterocycles. The van der Waals surface area contributed by atoms with E-state index in [0.717, 1.165) is 5.56 Å². The van der Waals surface area contributed by atoms with Crippen molar-refractivity contribution in [3.05, 3.63) is 35.6 Å². The lowest BCUT2D eigenvalue weighted by Gasteiger charge is -2.20. The molecule has 0 aliphatic carbocycles. The fraction of sp³-hybridized carbons (Fsp3) is 0.500. The summed E-state index contributed by atoms with van der Waals surface area (Å²) in [6.07, 6.45) is 0.946. The standard InChI is InChI=1S/C16H21FN2O2/c1-11(2)19-10-13(9-15(19)20)16(21)18-8-7-12-3-5-14(17)6-4-12/h3-6,11,13H,7-10H2,1-2H3,(H,18,21)/t13-/m1/s1. The molecule has 5 heteroatoms. The second-order valence-electron chi connectivity index (χ2n) is 5.71. The van der Waals surface area contributed by atoms with E-state index in [1.54, 1.807) is 17.0 Å². The molecule has 0 spiro atoms. The van der Waals surface area contributed by atoms with Gasteiger partial charge in [0.15, 0.2) is 0 Å². The highest BCUT2D eigenvalue weighted by molar-refractivity contribution is 5.89. The molecular formula is C16H21FN2O2. The predicted octanol–water partition coefficient (Wildman–Crippen LogP) is 1.74. The van der Waals surface area contributed by atoms with Gasteiger partial charge in [-0.2, -0.15) is 0 Å². The Morgan fingerprint density at radius 2 is 2.05 bits per heavy atom. The van der Waals surface area contributed by atoms with Crippen LogP contribution in [0.5, 0.6) is 0 Å². The first-order valence-electron chi connectivity index (χ1n) is 7.29. The Balaban J connectivity index is 1.78. The molecule has 4 nitrogen and oxygen atoms in total. The van der Waals surface area contributed by atoms with E-state index in [2.05, 4.69) is 5.32 Å². The van der Waals surface area contributed by atoms with Gasteiger partial charge < -0.3 is 10.2 Å². The number of hydrogen-bond donors (Lipinski definition) is 1. The van der Waals surface area contributed by atoms with Crippen LogP contribution in [-0.4, -0.2) is 35.8 Å². The van der Waals surface area contributed by atoms with E-state index in [1.807, 2.05) is 13.8 Å². The van der Waals surface area contributed by atoms with Gasteiger partial charge in [0.25, 0.3) is 0 Å². The minimum atomic E-state index is -0.263. The number of nitrogens with zero attached hydrogens (tertiary/aromatic N) is 1. The van der Waals surface area contributed by atoms with E-state index in [4.69, 9.17) is 0 Å². The number of nitrogens with one attached hydrogen (secondary N) is 1. The van der Waals surface area contributed by atoms with E-state index in [1.165, 1.54) is 12.1 Å². The molecule has 21 heavy (non-hydrogen) atoms. The molecule has 0 radical (unpaired) electrons. The first kappa shape index (κ1) is 15.5. The van der Waals surface area contributed by atoms with Crippen LogP contribution >= 0.6 is 0 Å². The molecule has 1 aliphatic rings. The molecule has 2 rings (SSSR count). The van der Waals surface area contributed by atoms with Crippen LogP contribution in [0.2, 0.25) is 0 Å². The second kappa shape index (κ2) is 6.70. The maximum atomic E-state index is 12.8. The summed E-state index contributed by atoms with van der Waals surface area (Å²) < 4.78 is 12.8. The van der Waals surface area contributed by atoms with Gasteiger partial charge in [-0.15, -0.1) is 0 Å². The zero-order valence-corrected chi connectivity index (χ0v) is 12.4. The highest BCUT2D eigenvalue weighted by Crippen LogP contribution is 2.20. The van der Waals surface area contributed by atoms with Crippen molar-refractivity contribution in [1.82, 2.24) is 10.2 Å². The third-order valence-corrected chi connectivity index (χ3v) is 3.78. The summed E-state index contributed by atoms with van der Waals surface area (Å²) in [5.41, 5.74) is 0.975. The van der Waals surface area contributed by atoms with Crippen molar-refractivity contribution in [2.45, 2.75) is 32.7 Å². The minimum Gasteiger partial charge on any atom is -0.355 e. The van der Waals surface area contributed by atoms with Crippen LogP contribution < -0.4 is 5.32 Å². The molecule has 2 amide bonds. The summed E-state index contributed by atoms with van der Waals surface area (Å²) in [6.45, 7) is 4.90. The van der Waals surface area contributed by atoms with Gasteiger partial charge in [-0.1, -0.05) is 12.1 Å². The van der Waals surface area contributed by atoms with E-state index in [-0.39, 0.29) is 29.6 Å². The van der Waals surface area contributed by atoms with Crippen LogP contribution in [0.3, 0.4) is 0 Å². The predicted molar refractivity (Wildman–Crippen MR) is 78.1 cm³/mol. The highest BCUT2D eigenvalue weighted by Gasteiger charge is 2.35. The average Bonchev–Trinajstić information content (AvgIpc) is 2.83. The molecule has 1 aromatic carbocycles. The fourth-order valence-electron chi connectivity index (χ4n) is 2.53. The van der Waals surface area contributed by atoms with Gasteiger partial charge in [-0.25, -0.2) is 4.39 Å². The molecule has 1 atom stereocenters. The van der Waals surface area contributed by atoms with Crippen molar-refractivity contribution in [3.8, 4) is 0 Å². The zero-order valence-electron chi connectivity index (χ0n) is 12.4. The normalized spacial score (nSPS) is 18.4. The summed E-state index contributed by atoms with van der Waals surface area (Å²) in [5, 5.41) is 2.86. The molecule has 1 fully saturated rings. The number of benzene rings is 1. The molecule has 114 valence electrons. The van der Waals surface area contributed by atoms with Crippen molar-refractivity contribution in [1.29, 1.82) is 0 Å². The Morgan fingerprint density at radius 1 is 1.38 bits per heavy atom. The van der Waals surface area contributed by atoms with Crippen molar-refractivity contribution >= 4 is 11.8 Å². The first-order chi connectivity index (χ1) is 9.97. The van der Waals surface area contributed by atoms with E-state index < -0.39 is 0 Å². The number of likely N-dealkylation sites (tertiary alicyclic amines) is 1. The lowest BCUT2D eigenvalue weighted by Crippen LogP contribution is -2.36. The minimum absolute atomic E-state index is 0.0451. The van der Waals surface area contributed by atoms with Gasteiger partial charge in [0.05, 0.1) is 5.92 Å². The number of hydrogen-bond acceptors (Lipinski definition) is 2. The Hall–Kier alpha value is -1.91. The van der Waals surface area contributed by atoms with E-state index in [0.29, 0.717) is 25.9 Å². The quantitative estimate of drug-likeness (QED) is 0.898. The van der Waals surface area contributed by atoms with Crippen molar-refractivity contribution in [2.24, 2.45) is 5.92 Å². The maximum Gasteiger partial charge on any atom is 0.225 e. The largest absolute Gasteiger partial charge is 0.355 e. The van der Waals surface area contributed by atoms with Gasteiger partial charge in [-0.3, -0.25) is 9.59 Å². The molecule has 1 N–H and O–H groups in total. The topological polar surface area (TPSA) is 49.4 Å². The second-order valence-corrected chi connectivity index (χ2v) is 5.71. The van der Waals surface area contributed by atoms with Crippen LogP contribution in [0.25, 0.3) is 0 Å². The van der Waals surface area contributed by atoms with Gasteiger partial charge in [0.1, 0.15) is 5.82 Å². The van der Waals surface area contributed by atoms with Crippen molar-refractivity contribution in [3.63, 3.8) is 0 Å². The Morgan fingerprint density at radius 3 is 2.62 bits per heavy atom. The van der Waals surface area contributed by atoms with Crippen LogP contribution in [0.4, 0.5) is 4.39 Å². The van der Waals surface area contributed by atoms with E-state index in [9.17, 15) is 14.0 Å². The van der Waals surface area contributed by atoms with Crippen LogP contribution in [-0.2, 0) is 16.0 Å². The summed E-state index contributed by atoms with van der Waals surface area (Å²) in [4.78, 5) is 25.6. The van der Waals surface area contributed by atoms with Crippen LogP contribution in [0.15, 0.2) is 24.3 Å². The number of rotatable bonds is 5. The van der Waals surface area contributed by atoms with Gasteiger partial charge in [0.2, 0.25) is 11.8 Å². The zero-order chi connectivity index (χ0) is 15.4. The lowest BCUT2D eigenvalue weighted by atomic mass is 10.1. The summed E-state index contributed by atoms with van der Waals surface area (Å²) in [7, 11) is 0. The Bertz CT molecular complexity index is 514. The van der Waals surface area contributed by atoms with Gasteiger partial charge in [-0.05, 0) is 38.0 Å². The third kappa shape index (κ3) is 4.03. The number of amides is 2. The Labute approximate surface area is 124 Å². The lowest BCUT2D eigenvalue weighted by molar-refractivity contribution is -0.129. The maximum absolute atomic E-state index is 12.8. The monoisotopic (exact) mass is 292 g/mol. The fourth-order valence-corrected chi connectivity index (χ4v) is 2.53. The molecule has 0 bridgehead atoms. The average molecular weight is 292 g/mol. The number of carbonyl (C=O) groups is 2. The third-order valence-electron chi connectivity index (χ3n) is 3.78. The van der Waals surface area contributed by atoms with Crippen molar-refractivity contribution < 1.29 is 14.0 Å². The number of halogens is 1. The molecule has 1 aliphatic heterocycles. The number of carbonyl (C=O) groups excluding carboxylic acids is 2. The smallest absolute Gasteiger partial charge is 0.225 e. The van der Waals surface area contributed by atoms with Gasteiger partial charge in [0, 0.05) is 25.6 Å². The molecule has 0 saturated carbocycles. The SMILES string of the molecule is CC(C)N1C[C@H](C(=O)NCCc2ccc(F)cc2)CC1=O. The first-order valence-corrected chi connectivity index (χ1v) is 7.29. The van der Waals surface area contributed by atoms with Crippen LogP contribution in [0, 0.1) is 11.7 Å². The molecule has 0 aromatic heterocycles. The summed E-state index contributed by atoms with van der Waals surface area (Å²) >= 11 is 0. The van der Waals surface area contributed by atoms with Gasteiger partial charge >= 0.3 is 0 Å². The molecule has 0 unspecified atom stereocenters. The highest BCUT2D eigenvalue weighted by atomic mass is 19.1. The summed E-state index contributed by atoms with van der Waals surface area (Å²) in [5.74, 6) is -0.550. The van der Waals surface area contributed by atoms with Crippen LogP contribution in [0.1, 0.15) is 25.8 Å². The molecule has 1 aromatic rings. The summed E-state index contributed by atoms with van der Waals surface area (Å²) in [6, 6.07) is 6.37. The molecular weight excluding hydrogens is 271 g/mol.